The predicted molar refractivity (Wildman–Crippen MR) is 118 cm³/mol. The van der Waals surface area contributed by atoms with Gasteiger partial charge in [0, 0.05) is 42.8 Å². The van der Waals surface area contributed by atoms with Crippen molar-refractivity contribution in [3.8, 4) is 11.1 Å². The van der Waals surface area contributed by atoms with Gasteiger partial charge in [-0.2, -0.15) is 0 Å². The highest BCUT2D eigenvalue weighted by Gasteiger charge is 2.50. The van der Waals surface area contributed by atoms with E-state index < -0.39 is 11.8 Å². The molecule has 1 saturated heterocycles. The number of benzene rings is 2. The van der Waals surface area contributed by atoms with Gasteiger partial charge in [-0.3, -0.25) is 14.5 Å². The van der Waals surface area contributed by atoms with E-state index in [4.69, 9.17) is 0 Å². The number of para-hydroxylation sites is 1. The molecule has 7 nitrogen and oxygen atoms in total. The molecule has 2 aliphatic rings. The molecule has 1 atom stereocenters. The van der Waals surface area contributed by atoms with Crippen LogP contribution in [0.4, 0.5) is 0 Å². The number of aromatic nitrogens is 1. The summed E-state index contributed by atoms with van der Waals surface area (Å²) >= 11 is 0. The van der Waals surface area contributed by atoms with Gasteiger partial charge in [-0.25, -0.2) is 0 Å². The smallest absolute Gasteiger partial charge is 0.256 e. The molecule has 3 aromatic rings. The van der Waals surface area contributed by atoms with Crippen LogP contribution in [0.3, 0.4) is 0 Å². The molecule has 0 radical (unpaired) electrons. The number of nitrogens with one attached hydrogen (secondary N) is 1. The summed E-state index contributed by atoms with van der Waals surface area (Å²) in [5.74, 6) is -0.0711. The van der Waals surface area contributed by atoms with Crippen molar-refractivity contribution in [3.63, 3.8) is 0 Å². The van der Waals surface area contributed by atoms with Gasteiger partial charge in [0.15, 0.2) is 0 Å². The van der Waals surface area contributed by atoms with Crippen molar-refractivity contribution in [2.75, 3.05) is 26.2 Å². The topological polar surface area (TPSA) is 96.9 Å². The van der Waals surface area contributed by atoms with Crippen molar-refractivity contribution in [1.29, 1.82) is 0 Å². The zero-order chi connectivity index (χ0) is 21.6. The van der Waals surface area contributed by atoms with E-state index in [-0.39, 0.29) is 11.5 Å². The third-order valence-electron chi connectivity index (χ3n) is 6.39. The Morgan fingerprint density at radius 1 is 1.00 bits per heavy atom. The van der Waals surface area contributed by atoms with Crippen LogP contribution in [-0.4, -0.2) is 68.9 Å². The number of nitrogens with zero attached hydrogens (tertiary/aromatic N) is 2. The predicted octanol–water partition coefficient (Wildman–Crippen LogP) is 1.80. The molecular formula is C24H25N3O4. The van der Waals surface area contributed by atoms with Gasteiger partial charge in [-0.1, -0.05) is 30.3 Å². The molecule has 0 bridgehead atoms. The summed E-state index contributed by atoms with van der Waals surface area (Å²) in [6.45, 7) is 2.05. The molecule has 1 unspecified atom stereocenters. The number of hydrogen-bond donors (Lipinski definition) is 3. The maximum Gasteiger partial charge on any atom is 0.256 e. The molecule has 1 aliphatic carbocycles. The first kappa shape index (κ1) is 19.9. The third-order valence-corrected chi connectivity index (χ3v) is 6.39. The summed E-state index contributed by atoms with van der Waals surface area (Å²) in [6.07, 6.45) is 0.392. The molecule has 1 saturated carbocycles. The SMILES string of the molecule is O=C(c1ccc(-c2cc3ccccc3[nH]c2=O)cc1)N1CCN(C(O)C2(O)CC2)CC1. The van der Waals surface area contributed by atoms with E-state index in [0.29, 0.717) is 50.1 Å². The number of aromatic amines is 1. The van der Waals surface area contributed by atoms with E-state index in [1.807, 2.05) is 35.2 Å². The van der Waals surface area contributed by atoms with E-state index >= 15 is 0 Å². The van der Waals surface area contributed by atoms with E-state index in [2.05, 4.69) is 4.98 Å². The van der Waals surface area contributed by atoms with Gasteiger partial charge in [-0.05, 0) is 48.1 Å². The minimum absolute atomic E-state index is 0.0711. The highest BCUT2D eigenvalue weighted by Crippen LogP contribution is 2.39. The van der Waals surface area contributed by atoms with Crippen LogP contribution in [0.2, 0.25) is 0 Å². The number of fused-ring (bicyclic) bond motifs is 1. The first-order valence-electron chi connectivity index (χ1n) is 10.6. The van der Waals surface area contributed by atoms with Crippen LogP contribution in [0.5, 0.6) is 0 Å². The van der Waals surface area contributed by atoms with Crippen LogP contribution in [-0.2, 0) is 0 Å². The van der Waals surface area contributed by atoms with Gasteiger partial charge >= 0.3 is 0 Å². The normalized spacial score (nSPS) is 19.4. The number of carbonyl (C=O) groups excluding carboxylic acids is 1. The van der Waals surface area contributed by atoms with Crippen LogP contribution in [0.1, 0.15) is 23.2 Å². The molecule has 2 heterocycles. The molecule has 2 aromatic carbocycles. The lowest BCUT2D eigenvalue weighted by Crippen LogP contribution is -2.55. The second-order valence-electron chi connectivity index (χ2n) is 8.48. The molecule has 1 amide bonds. The fraction of sp³-hybridized carbons (Fsp3) is 0.333. The van der Waals surface area contributed by atoms with Crippen molar-refractivity contribution in [3.05, 3.63) is 70.5 Å². The maximum atomic E-state index is 12.9. The first-order valence-corrected chi connectivity index (χ1v) is 10.6. The number of pyridine rings is 1. The zero-order valence-corrected chi connectivity index (χ0v) is 17.1. The van der Waals surface area contributed by atoms with Crippen molar-refractivity contribution in [1.82, 2.24) is 14.8 Å². The van der Waals surface area contributed by atoms with Crippen molar-refractivity contribution >= 4 is 16.8 Å². The molecule has 2 fully saturated rings. The number of rotatable bonds is 4. The Bertz CT molecular complexity index is 1180. The van der Waals surface area contributed by atoms with Crippen LogP contribution in [0, 0.1) is 0 Å². The number of aliphatic hydroxyl groups excluding tert-OH is 1. The Balaban J connectivity index is 1.29. The molecule has 160 valence electrons. The van der Waals surface area contributed by atoms with Crippen LogP contribution in [0.25, 0.3) is 22.0 Å². The number of aliphatic hydroxyl groups is 2. The number of carbonyl (C=O) groups is 1. The lowest BCUT2D eigenvalue weighted by atomic mass is 10.0. The molecule has 3 N–H and O–H groups in total. The Hall–Kier alpha value is -3.00. The van der Waals surface area contributed by atoms with Crippen LogP contribution < -0.4 is 5.56 Å². The second kappa shape index (κ2) is 7.60. The fourth-order valence-corrected chi connectivity index (χ4v) is 4.23. The van der Waals surface area contributed by atoms with E-state index in [1.54, 1.807) is 29.2 Å². The number of hydrogen-bond acceptors (Lipinski definition) is 5. The number of amides is 1. The Morgan fingerprint density at radius 3 is 2.35 bits per heavy atom. The van der Waals surface area contributed by atoms with Gasteiger partial charge in [0.05, 0.1) is 0 Å². The van der Waals surface area contributed by atoms with Gasteiger partial charge in [0.2, 0.25) is 0 Å². The van der Waals surface area contributed by atoms with E-state index in [9.17, 15) is 19.8 Å². The first-order chi connectivity index (χ1) is 14.9. The summed E-state index contributed by atoms with van der Waals surface area (Å²) in [4.78, 5) is 31.9. The average molecular weight is 419 g/mol. The van der Waals surface area contributed by atoms with Gasteiger partial charge < -0.3 is 20.1 Å². The standard InChI is InChI=1S/C24H25N3O4/c28-21-19(15-18-3-1-2-4-20(18)25-21)16-5-7-17(8-6-16)22(29)26-11-13-27(14-12-26)23(30)24(31)9-10-24/h1-8,15,23,30-31H,9-14H2,(H,25,28). The molecule has 0 spiro atoms. The molecular weight excluding hydrogens is 394 g/mol. The lowest BCUT2D eigenvalue weighted by Gasteiger charge is -2.38. The molecule has 31 heavy (non-hydrogen) atoms. The van der Waals surface area contributed by atoms with E-state index in [1.165, 1.54) is 0 Å². The molecule has 1 aromatic heterocycles. The monoisotopic (exact) mass is 419 g/mol. The molecule has 5 rings (SSSR count). The highest BCUT2D eigenvalue weighted by atomic mass is 16.4. The highest BCUT2D eigenvalue weighted by molar-refractivity contribution is 5.95. The summed E-state index contributed by atoms with van der Waals surface area (Å²) in [5, 5.41) is 21.3. The Labute approximate surface area is 179 Å². The van der Waals surface area contributed by atoms with E-state index in [0.717, 1.165) is 16.5 Å². The van der Waals surface area contributed by atoms with Crippen LogP contribution >= 0.6 is 0 Å². The third kappa shape index (κ3) is 3.76. The van der Waals surface area contributed by atoms with Gasteiger partial charge in [-0.15, -0.1) is 0 Å². The molecule has 7 heteroatoms. The van der Waals surface area contributed by atoms with Crippen LogP contribution in [0.15, 0.2) is 59.4 Å². The largest absolute Gasteiger partial charge is 0.386 e. The fourth-order valence-electron chi connectivity index (χ4n) is 4.23. The van der Waals surface area contributed by atoms with Crippen molar-refractivity contribution < 1.29 is 15.0 Å². The van der Waals surface area contributed by atoms with Gasteiger partial charge in [0.1, 0.15) is 11.8 Å². The zero-order valence-electron chi connectivity index (χ0n) is 17.1. The Kier molecular flexibility index (Phi) is 4.89. The maximum absolute atomic E-state index is 12.9. The number of H-pyrrole nitrogens is 1. The lowest BCUT2D eigenvalue weighted by molar-refractivity contribution is -0.108. The number of piperazine rings is 1. The second-order valence-corrected chi connectivity index (χ2v) is 8.48. The molecule has 1 aliphatic heterocycles. The summed E-state index contributed by atoms with van der Waals surface area (Å²) < 4.78 is 0. The minimum Gasteiger partial charge on any atom is -0.386 e. The quantitative estimate of drug-likeness (QED) is 0.599. The van der Waals surface area contributed by atoms with Gasteiger partial charge in [0.25, 0.3) is 11.5 Å². The van der Waals surface area contributed by atoms with Crippen molar-refractivity contribution in [2.24, 2.45) is 0 Å². The van der Waals surface area contributed by atoms with Crippen molar-refractivity contribution in [2.45, 2.75) is 24.7 Å². The summed E-state index contributed by atoms with van der Waals surface area (Å²) in [6, 6.07) is 16.6. The average Bonchev–Trinajstić information content (AvgIpc) is 3.56. The Morgan fingerprint density at radius 2 is 1.68 bits per heavy atom. The minimum atomic E-state index is -0.970. The summed E-state index contributed by atoms with van der Waals surface area (Å²) in [5.41, 5.74) is 1.55. The summed E-state index contributed by atoms with van der Waals surface area (Å²) in [7, 11) is 0.